The summed E-state index contributed by atoms with van der Waals surface area (Å²) in [5.74, 6) is 0. The fourth-order valence-electron chi connectivity index (χ4n) is 2.82. The maximum absolute atomic E-state index is 14.9. The van der Waals surface area contributed by atoms with E-state index in [0.29, 0.717) is 17.0 Å². The van der Waals surface area contributed by atoms with Gasteiger partial charge in [0.1, 0.15) is 5.73 Å². The summed E-state index contributed by atoms with van der Waals surface area (Å²) >= 11 is 6.18. The van der Waals surface area contributed by atoms with E-state index in [0.717, 1.165) is 17.5 Å². The van der Waals surface area contributed by atoms with Crippen molar-refractivity contribution in [2.45, 2.75) is 51.7 Å². The third kappa shape index (κ3) is 2.34. The molecular formula is C16H19BClFO2. The Balaban J connectivity index is 1.98. The Morgan fingerprint density at radius 3 is 2.38 bits per heavy atom. The smallest absolute Gasteiger partial charge is 0.398 e. The SMILES string of the molecule is CC1(C)OB(C(F)=C2CCc3c(Cl)cccc32)OC1(C)C. The zero-order chi connectivity index (χ0) is 15.4. The highest BCUT2D eigenvalue weighted by Crippen LogP contribution is 2.43. The fraction of sp³-hybridized carbons (Fsp3) is 0.500. The van der Waals surface area contributed by atoms with Crippen molar-refractivity contribution in [2.24, 2.45) is 0 Å². The maximum atomic E-state index is 14.9. The molecule has 1 aliphatic carbocycles. The first kappa shape index (κ1) is 15.1. The van der Waals surface area contributed by atoms with Crippen molar-refractivity contribution in [2.75, 3.05) is 0 Å². The van der Waals surface area contributed by atoms with Crippen LogP contribution in [0.4, 0.5) is 4.39 Å². The van der Waals surface area contributed by atoms with Crippen molar-refractivity contribution >= 4 is 24.3 Å². The zero-order valence-corrected chi connectivity index (χ0v) is 13.6. The van der Waals surface area contributed by atoms with Crippen LogP contribution in [0.5, 0.6) is 0 Å². The monoisotopic (exact) mass is 308 g/mol. The second kappa shape index (κ2) is 4.84. The number of allylic oxidation sites excluding steroid dienone is 1. The van der Waals surface area contributed by atoms with Crippen molar-refractivity contribution in [3.05, 3.63) is 40.1 Å². The third-order valence-electron chi connectivity index (χ3n) is 4.82. The normalized spacial score (nSPS) is 25.1. The average Bonchev–Trinajstić information content (AvgIpc) is 2.89. The molecule has 0 unspecified atom stereocenters. The van der Waals surface area contributed by atoms with Crippen LogP contribution in [-0.2, 0) is 15.7 Å². The molecule has 0 saturated carbocycles. The van der Waals surface area contributed by atoms with E-state index >= 15 is 0 Å². The van der Waals surface area contributed by atoms with Crippen LogP contribution in [0.1, 0.15) is 45.2 Å². The first-order chi connectivity index (χ1) is 9.73. The van der Waals surface area contributed by atoms with E-state index in [4.69, 9.17) is 20.9 Å². The Labute approximate surface area is 130 Å². The van der Waals surface area contributed by atoms with Gasteiger partial charge in [0.25, 0.3) is 0 Å². The van der Waals surface area contributed by atoms with Gasteiger partial charge in [0.2, 0.25) is 0 Å². The van der Waals surface area contributed by atoms with E-state index in [1.807, 2.05) is 45.9 Å². The predicted molar refractivity (Wildman–Crippen MR) is 83.9 cm³/mol. The zero-order valence-electron chi connectivity index (χ0n) is 12.8. The van der Waals surface area contributed by atoms with Crippen LogP contribution in [0.25, 0.3) is 5.57 Å². The molecule has 2 nitrogen and oxygen atoms in total. The van der Waals surface area contributed by atoms with E-state index in [2.05, 4.69) is 0 Å². The number of fused-ring (bicyclic) bond motifs is 1. The highest BCUT2D eigenvalue weighted by Gasteiger charge is 2.53. The summed E-state index contributed by atoms with van der Waals surface area (Å²) < 4.78 is 26.5. The molecule has 21 heavy (non-hydrogen) atoms. The van der Waals surface area contributed by atoms with E-state index < -0.39 is 18.3 Å². The van der Waals surface area contributed by atoms with Gasteiger partial charge in [0.15, 0.2) is 0 Å². The van der Waals surface area contributed by atoms with Crippen molar-refractivity contribution < 1.29 is 13.7 Å². The van der Waals surface area contributed by atoms with E-state index in [-0.39, 0.29) is 5.73 Å². The number of hydrogen-bond acceptors (Lipinski definition) is 2. The molecule has 0 radical (unpaired) electrons. The second-order valence-electron chi connectivity index (χ2n) is 6.68. The Kier molecular flexibility index (Phi) is 3.47. The average molecular weight is 309 g/mol. The first-order valence-electron chi connectivity index (χ1n) is 7.25. The maximum Gasteiger partial charge on any atom is 0.525 e. The van der Waals surface area contributed by atoms with Gasteiger partial charge >= 0.3 is 7.12 Å². The lowest BCUT2D eigenvalue weighted by Crippen LogP contribution is -2.41. The highest BCUT2D eigenvalue weighted by molar-refractivity contribution is 6.55. The molecule has 0 atom stereocenters. The minimum absolute atomic E-state index is 0.324. The lowest BCUT2D eigenvalue weighted by atomic mass is 9.83. The van der Waals surface area contributed by atoms with Gasteiger partial charge in [-0.2, -0.15) is 0 Å². The minimum atomic E-state index is -0.935. The highest BCUT2D eigenvalue weighted by atomic mass is 35.5. The van der Waals surface area contributed by atoms with Gasteiger partial charge in [-0.3, -0.25) is 0 Å². The van der Waals surface area contributed by atoms with Crippen molar-refractivity contribution in [3.8, 4) is 0 Å². The summed E-state index contributed by atoms with van der Waals surface area (Å²) in [7, 11) is -0.935. The Morgan fingerprint density at radius 1 is 1.14 bits per heavy atom. The van der Waals surface area contributed by atoms with Gasteiger partial charge in [0, 0.05) is 5.02 Å². The third-order valence-corrected chi connectivity index (χ3v) is 5.17. The molecule has 0 amide bonds. The topological polar surface area (TPSA) is 18.5 Å². The lowest BCUT2D eigenvalue weighted by Gasteiger charge is -2.32. The summed E-state index contributed by atoms with van der Waals surface area (Å²) in [4.78, 5) is 0. The van der Waals surface area contributed by atoms with Crippen LogP contribution >= 0.6 is 11.6 Å². The molecule has 5 heteroatoms. The molecule has 0 aromatic heterocycles. The van der Waals surface area contributed by atoms with Crippen molar-refractivity contribution in [3.63, 3.8) is 0 Å². The molecule has 0 bridgehead atoms. The summed E-state index contributed by atoms with van der Waals surface area (Å²) in [5.41, 5.74) is 1.16. The van der Waals surface area contributed by atoms with Crippen LogP contribution in [0, 0.1) is 0 Å². The summed E-state index contributed by atoms with van der Waals surface area (Å²) in [6.07, 6.45) is 1.40. The summed E-state index contributed by atoms with van der Waals surface area (Å²) in [5, 5.41) is 0.698. The quantitative estimate of drug-likeness (QED) is 0.706. The number of rotatable bonds is 1. The molecule has 1 heterocycles. The molecule has 2 aliphatic rings. The molecule has 1 aromatic carbocycles. The van der Waals surface area contributed by atoms with Gasteiger partial charge in [-0.25, -0.2) is 4.39 Å². The van der Waals surface area contributed by atoms with Gasteiger partial charge in [-0.1, -0.05) is 23.7 Å². The van der Waals surface area contributed by atoms with Crippen LogP contribution in [0.2, 0.25) is 5.02 Å². The van der Waals surface area contributed by atoms with Crippen molar-refractivity contribution in [1.29, 1.82) is 0 Å². The standard InChI is InChI=1S/C16H19BClFO2/c1-15(2)16(3,4)21-17(20-15)14(19)12-9-8-11-10(12)6-5-7-13(11)18/h5-7H,8-9H2,1-4H3. The van der Waals surface area contributed by atoms with E-state index in [1.54, 1.807) is 0 Å². The van der Waals surface area contributed by atoms with Gasteiger partial charge in [0.05, 0.1) is 11.2 Å². The van der Waals surface area contributed by atoms with E-state index in [9.17, 15) is 4.39 Å². The molecule has 1 fully saturated rings. The van der Waals surface area contributed by atoms with Crippen LogP contribution in [-0.4, -0.2) is 18.3 Å². The predicted octanol–water partition coefficient (Wildman–Crippen LogP) is 4.60. The lowest BCUT2D eigenvalue weighted by molar-refractivity contribution is 0.00578. The Morgan fingerprint density at radius 2 is 1.76 bits per heavy atom. The molecule has 1 aromatic rings. The largest absolute Gasteiger partial charge is 0.525 e. The second-order valence-corrected chi connectivity index (χ2v) is 7.09. The minimum Gasteiger partial charge on any atom is -0.398 e. The van der Waals surface area contributed by atoms with Crippen molar-refractivity contribution in [1.82, 2.24) is 0 Å². The number of halogens is 2. The van der Waals surface area contributed by atoms with Crippen LogP contribution < -0.4 is 0 Å². The first-order valence-corrected chi connectivity index (χ1v) is 7.63. The Bertz CT molecular complexity index is 609. The fourth-order valence-corrected chi connectivity index (χ4v) is 3.09. The van der Waals surface area contributed by atoms with Gasteiger partial charge in [-0.05, 0) is 63.3 Å². The molecule has 1 aliphatic heterocycles. The molecule has 0 spiro atoms. The Hall–Kier alpha value is -0.835. The van der Waals surface area contributed by atoms with Gasteiger partial charge < -0.3 is 9.31 Å². The number of hydrogen-bond donors (Lipinski definition) is 0. The van der Waals surface area contributed by atoms with Gasteiger partial charge in [-0.15, -0.1) is 0 Å². The molecular weight excluding hydrogens is 289 g/mol. The molecule has 112 valence electrons. The summed E-state index contributed by atoms with van der Waals surface area (Å²) in [6.45, 7) is 7.68. The molecule has 3 rings (SSSR count). The summed E-state index contributed by atoms with van der Waals surface area (Å²) in [6, 6.07) is 5.61. The number of benzene rings is 1. The van der Waals surface area contributed by atoms with Crippen LogP contribution in [0.3, 0.4) is 0 Å². The molecule has 0 N–H and O–H groups in total. The van der Waals surface area contributed by atoms with Crippen LogP contribution in [0.15, 0.2) is 23.9 Å². The van der Waals surface area contributed by atoms with E-state index in [1.165, 1.54) is 0 Å². The molecule has 1 saturated heterocycles.